The van der Waals surface area contributed by atoms with Crippen LogP contribution in [0.1, 0.15) is 92.6 Å². The summed E-state index contributed by atoms with van der Waals surface area (Å²) in [5.74, 6) is -3.16. The van der Waals surface area contributed by atoms with Crippen LogP contribution in [0.5, 0.6) is 0 Å². The first-order chi connectivity index (χ1) is 23.9. The fourth-order valence-corrected chi connectivity index (χ4v) is 7.79. The highest BCUT2D eigenvalue weighted by atomic mass is 19.3. The molecular formula is C38H57F2N5O6. The summed E-state index contributed by atoms with van der Waals surface area (Å²) in [4.78, 5) is 69.6. The Morgan fingerprint density at radius 1 is 0.961 bits per heavy atom. The van der Waals surface area contributed by atoms with Crippen LogP contribution < -0.4 is 21.3 Å². The van der Waals surface area contributed by atoms with Crippen LogP contribution in [0.15, 0.2) is 30.3 Å². The van der Waals surface area contributed by atoms with Gasteiger partial charge in [-0.05, 0) is 74.7 Å². The largest absolute Gasteiger partial charge is 0.458 e. The molecule has 0 bridgehead atoms. The molecule has 2 unspecified atom stereocenters. The number of nitrogens with zero attached hydrogens (tertiary/aromatic N) is 1. The molecule has 0 radical (unpaired) electrons. The van der Waals surface area contributed by atoms with Crippen LogP contribution in [0.4, 0.5) is 13.6 Å². The third-order valence-electron chi connectivity index (χ3n) is 10.7. The first kappa shape index (κ1) is 40.0. The number of halogens is 2. The summed E-state index contributed by atoms with van der Waals surface area (Å²) in [5.41, 5.74) is -0.0772. The minimum absolute atomic E-state index is 0.0104. The number of fused-ring (bicyclic) bond motifs is 1. The van der Waals surface area contributed by atoms with Crippen LogP contribution in [-0.2, 0) is 30.3 Å². The second-order valence-corrected chi connectivity index (χ2v) is 16.4. The topological polar surface area (TPSA) is 146 Å². The second-order valence-electron chi connectivity index (χ2n) is 16.4. The molecule has 51 heavy (non-hydrogen) atoms. The highest BCUT2D eigenvalue weighted by molar-refractivity contribution is 5.96. The summed E-state index contributed by atoms with van der Waals surface area (Å²) in [7, 11) is 0. The lowest BCUT2D eigenvalue weighted by molar-refractivity contribution is -0.158. The molecule has 0 aromatic heterocycles. The fraction of sp³-hybridized carbons (Fsp3) is 0.711. The maximum atomic E-state index is 14.5. The highest BCUT2D eigenvalue weighted by Gasteiger charge is 2.69. The number of benzene rings is 1. The van der Waals surface area contributed by atoms with E-state index in [4.69, 9.17) is 4.74 Å². The van der Waals surface area contributed by atoms with Crippen molar-refractivity contribution in [3.63, 3.8) is 0 Å². The first-order valence-corrected chi connectivity index (χ1v) is 18.4. The van der Waals surface area contributed by atoms with Gasteiger partial charge in [0, 0.05) is 19.5 Å². The lowest BCUT2D eigenvalue weighted by Gasteiger charge is -2.37. The molecule has 0 spiro atoms. The van der Waals surface area contributed by atoms with Gasteiger partial charge in [-0.15, -0.1) is 0 Å². The number of amides is 5. The summed E-state index contributed by atoms with van der Waals surface area (Å²) >= 11 is 0. The van der Waals surface area contributed by atoms with Gasteiger partial charge in [-0.3, -0.25) is 14.4 Å². The van der Waals surface area contributed by atoms with Gasteiger partial charge >= 0.3 is 12.0 Å². The number of ether oxygens (including phenoxy) is 1. The van der Waals surface area contributed by atoms with Crippen molar-refractivity contribution in [1.29, 1.82) is 0 Å². The Balaban J connectivity index is 1.51. The Labute approximate surface area is 300 Å². The van der Waals surface area contributed by atoms with Gasteiger partial charge < -0.3 is 30.9 Å². The molecule has 5 amide bonds. The molecule has 11 nitrogen and oxygen atoms in total. The summed E-state index contributed by atoms with van der Waals surface area (Å²) in [6.45, 7) is 13.3. The van der Waals surface area contributed by atoms with Crippen molar-refractivity contribution in [2.45, 2.75) is 130 Å². The van der Waals surface area contributed by atoms with Crippen molar-refractivity contribution < 1.29 is 37.5 Å². The standard InChI is InChI=1S/C38H57F2N5O6/c1-22(2)29(35(49)51-37(3,4)5)43-36(50)44-30(24-16-12-9-13-17-24)34(48)45-21-25-28(38(25,6)7)31(45)33(47)42-26(20-27(39)40)32(46)41-19-18-23-14-10-8-11-15-23/h8,10-11,14-15,22,24-31H,9,12-13,16-21H2,1-7H3,(H,41,46)(H,42,47)(H2,43,44,50)/t25?,26-,28?,29-,30-,31-/m0/s1. The predicted molar refractivity (Wildman–Crippen MR) is 188 cm³/mol. The third kappa shape index (κ3) is 10.4. The Morgan fingerprint density at radius 2 is 1.61 bits per heavy atom. The first-order valence-electron chi connectivity index (χ1n) is 18.4. The molecule has 3 fully saturated rings. The molecule has 4 N–H and O–H groups in total. The zero-order valence-corrected chi connectivity index (χ0v) is 31.1. The number of esters is 1. The highest BCUT2D eigenvalue weighted by Crippen LogP contribution is 2.65. The molecule has 1 aliphatic heterocycles. The monoisotopic (exact) mass is 717 g/mol. The van der Waals surface area contributed by atoms with Gasteiger partial charge in [-0.2, -0.15) is 0 Å². The molecule has 284 valence electrons. The molecule has 2 aliphatic carbocycles. The number of nitrogens with one attached hydrogen (secondary N) is 4. The third-order valence-corrected chi connectivity index (χ3v) is 10.7. The van der Waals surface area contributed by atoms with Crippen LogP contribution >= 0.6 is 0 Å². The van der Waals surface area contributed by atoms with Gasteiger partial charge in [0.1, 0.15) is 29.8 Å². The van der Waals surface area contributed by atoms with E-state index in [2.05, 4.69) is 21.3 Å². The van der Waals surface area contributed by atoms with E-state index in [1.54, 1.807) is 34.6 Å². The Morgan fingerprint density at radius 3 is 2.20 bits per heavy atom. The Bertz CT molecular complexity index is 1390. The second kappa shape index (κ2) is 16.7. The maximum Gasteiger partial charge on any atom is 0.329 e. The molecule has 4 rings (SSSR count). The van der Waals surface area contributed by atoms with Crippen molar-refractivity contribution in [3.05, 3.63) is 35.9 Å². The van der Waals surface area contributed by atoms with Gasteiger partial charge in [0.15, 0.2) is 0 Å². The average molecular weight is 718 g/mol. The van der Waals surface area contributed by atoms with E-state index in [-0.39, 0.29) is 42.2 Å². The van der Waals surface area contributed by atoms with Gasteiger partial charge in [0.25, 0.3) is 0 Å². The van der Waals surface area contributed by atoms with E-state index in [1.165, 1.54) is 4.90 Å². The van der Waals surface area contributed by atoms with Crippen LogP contribution in [0.3, 0.4) is 0 Å². The summed E-state index contributed by atoms with van der Waals surface area (Å²) in [5, 5.41) is 10.8. The number of piperidine rings is 1. The quantitative estimate of drug-likeness (QED) is 0.207. The van der Waals surface area contributed by atoms with Crippen LogP contribution in [0.2, 0.25) is 0 Å². The van der Waals surface area contributed by atoms with Gasteiger partial charge in [0.05, 0.1) is 0 Å². The van der Waals surface area contributed by atoms with Crippen molar-refractivity contribution in [2.24, 2.45) is 29.1 Å². The molecule has 1 aromatic rings. The normalized spacial score (nSPS) is 23.1. The SMILES string of the molecule is CC(C)[C@H](NC(=O)N[C@H](C(=O)N1CC2C([C@H]1C(=O)N[C@@H](CC(F)F)C(=O)NCCc1ccccc1)C2(C)C)C1CCCCC1)C(=O)OC(C)(C)C. The molecule has 13 heteroatoms. The molecule has 1 aromatic carbocycles. The number of likely N-dealkylation sites (tertiary alicyclic amines) is 1. The van der Waals surface area contributed by atoms with E-state index in [1.807, 2.05) is 44.2 Å². The molecule has 1 heterocycles. The molecule has 1 saturated heterocycles. The van der Waals surface area contributed by atoms with E-state index >= 15 is 0 Å². The zero-order valence-electron chi connectivity index (χ0n) is 31.1. The number of carbonyl (C=O) groups is 5. The number of carbonyl (C=O) groups excluding carboxylic acids is 5. The maximum absolute atomic E-state index is 14.5. The van der Waals surface area contributed by atoms with Crippen molar-refractivity contribution in [3.8, 4) is 0 Å². The molecule has 6 atom stereocenters. The van der Waals surface area contributed by atoms with E-state index < -0.39 is 72.3 Å². The molecule has 3 aliphatic rings. The zero-order chi connectivity index (χ0) is 37.7. The van der Waals surface area contributed by atoms with Crippen molar-refractivity contribution in [1.82, 2.24) is 26.2 Å². The number of urea groups is 1. The summed E-state index contributed by atoms with van der Waals surface area (Å²) in [6.07, 6.45) is 0.908. The van der Waals surface area contributed by atoms with E-state index in [9.17, 15) is 32.8 Å². The van der Waals surface area contributed by atoms with Gasteiger partial charge in [-0.25, -0.2) is 18.4 Å². The fourth-order valence-electron chi connectivity index (χ4n) is 7.79. The van der Waals surface area contributed by atoms with E-state index in [0.29, 0.717) is 19.3 Å². The summed E-state index contributed by atoms with van der Waals surface area (Å²) in [6, 6.07) is 4.26. The lowest BCUT2D eigenvalue weighted by Crippen LogP contribution is -2.61. The van der Waals surface area contributed by atoms with Gasteiger partial charge in [0.2, 0.25) is 24.1 Å². The number of rotatable bonds is 14. The van der Waals surface area contributed by atoms with Crippen molar-refractivity contribution >= 4 is 29.7 Å². The van der Waals surface area contributed by atoms with Gasteiger partial charge in [-0.1, -0.05) is 77.3 Å². The van der Waals surface area contributed by atoms with Crippen LogP contribution in [0, 0.1) is 29.1 Å². The Kier molecular flexibility index (Phi) is 13.1. The minimum atomic E-state index is -2.85. The Hall–Kier alpha value is -3.77. The summed E-state index contributed by atoms with van der Waals surface area (Å²) < 4.78 is 32.9. The molecule has 2 saturated carbocycles. The smallest absolute Gasteiger partial charge is 0.329 e. The van der Waals surface area contributed by atoms with Crippen molar-refractivity contribution in [2.75, 3.05) is 13.1 Å². The minimum Gasteiger partial charge on any atom is -0.458 e. The number of hydrogen-bond acceptors (Lipinski definition) is 6. The van der Waals surface area contributed by atoms with E-state index in [0.717, 1.165) is 24.8 Å². The lowest BCUT2D eigenvalue weighted by atomic mass is 9.83. The average Bonchev–Trinajstić information content (AvgIpc) is 3.36. The van der Waals surface area contributed by atoms with Crippen LogP contribution in [0.25, 0.3) is 0 Å². The number of alkyl halides is 2. The predicted octanol–water partition coefficient (Wildman–Crippen LogP) is 4.58. The number of hydrogen-bond donors (Lipinski definition) is 4. The van der Waals surface area contributed by atoms with Crippen LogP contribution in [-0.4, -0.2) is 83.9 Å². The molecular weight excluding hydrogens is 660 g/mol.